The van der Waals surface area contributed by atoms with E-state index in [1.54, 1.807) is 6.08 Å². The molecule has 0 spiro atoms. The van der Waals surface area contributed by atoms with Crippen LogP contribution in [0.3, 0.4) is 0 Å². The zero-order valence-electron chi connectivity index (χ0n) is 14.3. The van der Waals surface area contributed by atoms with Crippen molar-refractivity contribution in [3.05, 3.63) is 12.2 Å². The van der Waals surface area contributed by atoms with Gasteiger partial charge in [-0.3, -0.25) is 0 Å². The Hall–Kier alpha value is -0.830. The Balaban J connectivity index is 3.01. The number of hydrogen-bond donors (Lipinski definition) is 2. The Morgan fingerprint density at radius 2 is 1.00 bits per heavy atom. The van der Waals surface area contributed by atoms with Gasteiger partial charge in [-0.25, -0.2) is 4.79 Å². The highest BCUT2D eigenvalue weighted by molar-refractivity contribution is 5.79. The average Bonchev–Trinajstić information content (AvgIpc) is 2.50. The molecule has 0 heterocycles. The van der Waals surface area contributed by atoms with Gasteiger partial charge in [0.1, 0.15) is 0 Å². The van der Waals surface area contributed by atoms with Crippen LogP contribution in [0.2, 0.25) is 0 Å². The first-order chi connectivity index (χ1) is 10.8. The summed E-state index contributed by atoms with van der Waals surface area (Å²) in [5.74, 6) is -0.842. The highest BCUT2D eigenvalue weighted by Gasteiger charge is 1.94. The van der Waals surface area contributed by atoms with E-state index in [-0.39, 0.29) is 0 Å². The molecule has 0 rings (SSSR count). The minimum Gasteiger partial charge on any atom is -0.478 e. The van der Waals surface area contributed by atoms with Crippen LogP contribution in [-0.2, 0) is 4.79 Å². The lowest BCUT2D eigenvalue weighted by Crippen LogP contribution is -1.86. The van der Waals surface area contributed by atoms with Gasteiger partial charge in [0.2, 0.25) is 0 Å². The van der Waals surface area contributed by atoms with E-state index in [9.17, 15) is 4.79 Å². The lowest BCUT2D eigenvalue weighted by atomic mass is 10.0. The first-order valence-electron chi connectivity index (χ1n) is 9.27. The molecular formula is C19H36O3. The first kappa shape index (κ1) is 21.2. The van der Waals surface area contributed by atoms with E-state index >= 15 is 0 Å². The summed E-state index contributed by atoms with van der Waals surface area (Å²) in [5.41, 5.74) is 0. The van der Waals surface area contributed by atoms with Gasteiger partial charge in [0.25, 0.3) is 0 Å². The quantitative estimate of drug-likeness (QED) is 0.276. The molecule has 0 aliphatic heterocycles. The summed E-state index contributed by atoms with van der Waals surface area (Å²) in [7, 11) is 0. The molecule has 0 aliphatic rings. The summed E-state index contributed by atoms with van der Waals surface area (Å²) in [6.07, 6.45) is 21.8. The Kier molecular flexibility index (Phi) is 17.5. The predicted octanol–water partition coefficient (Wildman–Crippen LogP) is 5.47. The summed E-state index contributed by atoms with van der Waals surface area (Å²) in [6.45, 7) is 0.346. The van der Waals surface area contributed by atoms with E-state index in [0.29, 0.717) is 6.61 Å². The molecule has 0 saturated heterocycles. The summed E-state index contributed by atoms with van der Waals surface area (Å²) in [5, 5.41) is 17.1. The number of carboxylic acid groups (broad SMARTS) is 1. The van der Waals surface area contributed by atoms with E-state index in [1.165, 1.54) is 83.1 Å². The highest BCUT2D eigenvalue weighted by Crippen LogP contribution is 2.13. The molecule has 0 radical (unpaired) electrons. The fourth-order valence-corrected chi connectivity index (χ4v) is 2.68. The molecule has 0 bridgehead atoms. The molecule has 0 aromatic carbocycles. The molecule has 130 valence electrons. The van der Waals surface area contributed by atoms with Crippen molar-refractivity contribution in [1.29, 1.82) is 0 Å². The van der Waals surface area contributed by atoms with Gasteiger partial charge >= 0.3 is 5.97 Å². The monoisotopic (exact) mass is 312 g/mol. The van der Waals surface area contributed by atoms with Crippen LogP contribution in [0.4, 0.5) is 0 Å². The Labute approximate surface area is 136 Å². The van der Waals surface area contributed by atoms with E-state index in [0.717, 1.165) is 19.3 Å². The lowest BCUT2D eigenvalue weighted by Gasteiger charge is -2.03. The van der Waals surface area contributed by atoms with Crippen LogP contribution in [-0.4, -0.2) is 22.8 Å². The van der Waals surface area contributed by atoms with Crippen molar-refractivity contribution in [2.24, 2.45) is 0 Å². The predicted molar refractivity (Wildman–Crippen MR) is 93.1 cm³/mol. The van der Waals surface area contributed by atoms with Gasteiger partial charge in [-0.2, -0.15) is 0 Å². The van der Waals surface area contributed by atoms with E-state index in [2.05, 4.69) is 0 Å². The molecule has 0 aromatic heterocycles. The van der Waals surface area contributed by atoms with E-state index < -0.39 is 5.97 Å². The summed E-state index contributed by atoms with van der Waals surface area (Å²) in [4.78, 5) is 10.3. The molecule has 3 nitrogen and oxygen atoms in total. The average molecular weight is 312 g/mol. The topological polar surface area (TPSA) is 57.5 Å². The minimum absolute atomic E-state index is 0.346. The summed E-state index contributed by atoms with van der Waals surface area (Å²) < 4.78 is 0. The number of carbonyl (C=O) groups is 1. The third kappa shape index (κ3) is 19.2. The molecule has 0 atom stereocenters. The largest absolute Gasteiger partial charge is 0.478 e. The smallest absolute Gasteiger partial charge is 0.327 e. The van der Waals surface area contributed by atoms with Crippen LogP contribution in [0, 0.1) is 0 Å². The summed E-state index contributed by atoms with van der Waals surface area (Å²) in [6, 6.07) is 0. The van der Waals surface area contributed by atoms with Crippen LogP contribution in [0.5, 0.6) is 0 Å². The molecule has 0 aliphatic carbocycles. The first-order valence-corrected chi connectivity index (χ1v) is 9.27. The van der Waals surface area contributed by atoms with Crippen molar-refractivity contribution in [2.75, 3.05) is 6.61 Å². The van der Waals surface area contributed by atoms with Crippen LogP contribution in [0.15, 0.2) is 12.2 Å². The van der Waals surface area contributed by atoms with Crippen molar-refractivity contribution in [3.8, 4) is 0 Å². The molecule has 0 aromatic rings. The normalized spacial score (nSPS) is 11.3. The number of allylic oxidation sites excluding steroid dienone is 1. The van der Waals surface area contributed by atoms with Crippen molar-refractivity contribution in [3.63, 3.8) is 0 Å². The Morgan fingerprint density at radius 1 is 0.636 bits per heavy atom. The molecule has 2 N–H and O–H groups in total. The van der Waals surface area contributed by atoms with Crippen LogP contribution < -0.4 is 0 Å². The van der Waals surface area contributed by atoms with Crippen molar-refractivity contribution in [1.82, 2.24) is 0 Å². The number of hydrogen-bond acceptors (Lipinski definition) is 2. The van der Waals surface area contributed by atoms with Crippen molar-refractivity contribution >= 4 is 5.97 Å². The third-order valence-electron chi connectivity index (χ3n) is 4.04. The van der Waals surface area contributed by atoms with Gasteiger partial charge in [0, 0.05) is 12.7 Å². The van der Waals surface area contributed by atoms with Gasteiger partial charge < -0.3 is 10.2 Å². The van der Waals surface area contributed by atoms with Crippen LogP contribution in [0.1, 0.15) is 96.3 Å². The number of unbranched alkanes of at least 4 members (excludes halogenated alkanes) is 14. The van der Waals surface area contributed by atoms with Gasteiger partial charge in [-0.05, 0) is 19.3 Å². The molecule has 0 fully saturated rings. The number of aliphatic carboxylic acids is 1. The lowest BCUT2D eigenvalue weighted by molar-refractivity contribution is -0.131. The minimum atomic E-state index is -0.842. The van der Waals surface area contributed by atoms with E-state index in [4.69, 9.17) is 10.2 Å². The maximum atomic E-state index is 10.3. The van der Waals surface area contributed by atoms with E-state index in [1.807, 2.05) is 0 Å². The molecule has 3 heteroatoms. The highest BCUT2D eigenvalue weighted by atomic mass is 16.4. The summed E-state index contributed by atoms with van der Waals surface area (Å²) >= 11 is 0. The Morgan fingerprint density at radius 3 is 1.36 bits per heavy atom. The zero-order valence-corrected chi connectivity index (χ0v) is 14.3. The fraction of sp³-hybridized carbons (Fsp3) is 0.842. The van der Waals surface area contributed by atoms with Crippen molar-refractivity contribution < 1.29 is 15.0 Å². The molecule has 0 saturated carbocycles. The van der Waals surface area contributed by atoms with Crippen LogP contribution in [0.25, 0.3) is 0 Å². The standard InChI is InChI=1S/C19H36O3/c20-18-16-14-12-10-8-6-4-2-1-3-5-7-9-11-13-15-17-19(21)22/h15,17,20H,1-14,16,18H2,(H,21,22). The second kappa shape index (κ2) is 18.2. The third-order valence-corrected chi connectivity index (χ3v) is 4.04. The molecule has 22 heavy (non-hydrogen) atoms. The Bertz CT molecular complexity index is 261. The maximum absolute atomic E-state index is 10.3. The zero-order chi connectivity index (χ0) is 16.3. The van der Waals surface area contributed by atoms with Gasteiger partial charge in [0.15, 0.2) is 0 Å². The fourth-order valence-electron chi connectivity index (χ4n) is 2.68. The second-order valence-electron chi connectivity index (χ2n) is 6.20. The van der Waals surface area contributed by atoms with Crippen molar-refractivity contribution in [2.45, 2.75) is 96.3 Å². The second-order valence-corrected chi connectivity index (χ2v) is 6.20. The number of rotatable bonds is 17. The molecular weight excluding hydrogens is 276 g/mol. The number of carboxylic acids is 1. The van der Waals surface area contributed by atoms with Gasteiger partial charge in [-0.1, -0.05) is 83.1 Å². The van der Waals surface area contributed by atoms with Gasteiger partial charge in [0.05, 0.1) is 0 Å². The molecule has 0 amide bonds. The number of aliphatic hydroxyl groups excluding tert-OH is 1. The number of aliphatic hydroxyl groups is 1. The molecule has 0 unspecified atom stereocenters. The van der Waals surface area contributed by atoms with Gasteiger partial charge in [-0.15, -0.1) is 0 Å². The maximum Gasteiger partial charge on any atom is 0.327 e. The van der Waals surface area contributed by atoms with Crippen LogP contribution >= 0.6 is 0 Å². The SMILES string of the molecule is O=C(O)C=CCCCCCCCCCCCCCCCCO.